The molecule has 0 saturated carbocycles. The summed E-state index contributed by atoms with van der Waals surface area (Å²) in [4.78, 5) is 9.00. The predicted molar refractivity (Wildman–Crippen MR) is 92.3 cm³/mol. The Labute approximate surface area is 140 Å². The standard InChI is InChI=1S/C18H20N4O2/c1-2-19-18(21-12-16-9-6-10-23-16)20-11-15-13-24-17(22-15)14-7-4-3-5-8-14/h3-10,13H,2,11-12H2,1H3,(H2,19,20,21). The molecule has 0 unspecified atom stereocenters. The molecule has 0 radical (unpaired) electrons. The highest BCUT2D eigenvalue weighted by Gasteiger charge is 2.06. The van der Waals surface area contributed by atoms with E-state index in [0.29, 0.717) is 24.9 Å². The van der Waals surface area contributed by atoms with Crippen LogP contribution in [0.4, 0.5) is 0 Å². The van der Waals surface area contributed by atoms with Crippen molar-refractivity contribution in [2.75, 3.05) is 6.54 Å². The number of aliphatic imine (C=N–C) groups is 1. The molecular weight excluding hydrogens is 304 g/mol. The third-order valence-electron chi connectivity index (χ3n) is 3.33. The lowest BCUT2D eigenvalue weighted by molar-refractivity contribution is 0.501. The van der Waals surface area contributed by atoms with E-state index in [1.54, 1.807) is 12.5 Å². The fraction of sp³-hybridized carbons (Fsp3) is 0.222. The first kappa shape index (κ1) is 15.9. The van der Waals surface area contributed by atoms with E-state index in [-0.39, 0.29) is 0 Å². The van der Waals surface area contributed by atoms with Crippen LogP contribution in [-0.4, -0.2) is 17.5 Å². The molecule has 6 heteroatoms. The summed E-state index contributed by atoms with van der Waals surface area (Å²) < 4.78 is 10.8. The summed E-state index contributed by atoms with van der Waals surface area (Å²) in [6.07, 6.45) is 3.30. The van der Waals surface area contributed by atoms with Gasteiger partial charge in [-0.1, -0.05) is 18.2 Å². The lowest BCUT2D eigenvalue weighted by Crippen LogP contribution is -2.36. The SMILES string of the molecule is CCNC(=NCc1coc(-c2ccccc2)n1)NCc1ccco1. The van der Waals surface area contributed by atoms with Crippen LogP contribution in [0, 0.1) is 0 Å². The maximum absolute atomic E-state index is 5.53. The van der Waals surface area contributed by atoms with Crippen molar-refractivity contribution in [2.45, 2.75) is 20.0 Å². The molecule has 2 heterocycles. The molecule has 2 aromatic heterocycles. The summed E-state index contributed by atoms with van der Waals surface area (Å²) in [5.41, 5.74) is 1.74. The largest absolute Gasteiger partial charge is 0.467 e. The number of rotatable bonds is 6. The number of benzene rings is 1. The fourth-order valence-electron chi connectivity index (χ4n) is 2.18. The number of hydrogen-bond acceptors (Lipinski definition) is 4. The van der Waals surface area contributed by atoms with Crippen molar-refractivity contribution in [2.24, 2.45) is 4.99 Å². The molecular formula is C18H20N4O2. The molecule has 0 aliphatic heterocycles. The average Bonchev–Trinajstić information content (AvgIpc) is 3.30. The van der Waals surface area contributed by atoms with Gasteiger partial charge in [-0.15, -0.1) is 0 Å². The number of aromatic nitrogens is 1. The smallest absolute Gasteiger partial charge is 0.226 e. The minimum Gasteiger partial charge on any atom is -0.467 e. The lowest BCUT2D eigenvalue weighted by atomic mass is 10.2. The van der Waals surface area contributed by atoms with Crippen molar-refractivity contribution in [3.63, 3.8) is 0 Å². The maximum atomic E-state index is 5.53. The van der Waals surface area contributed by atoms with Gasteiger partial charge in [0.25, 0.3) is 0 Å². The van der Waals surface area contributed by atoms with Gasteiger partial charge in [0.2, 0.25) is 5.89 Å². The third-order valence-corrected chi connectivity index (χ3v) is 3.33. The van der Waals surface area contributed by atoms with Crippen LogP contribution in [-0.2, 0) is 13.1 Å². The second kappa shape index (κ2) is 8.01. The minimum atomic E-state index is 0.434. The summed E-state index contributed by atoms with van der Waals surface area (Å²) in [5, 5.41) is 6.41. The Balaban J connectivity index is 1.62. The van der Waals surface area contributed by atoms with Crippen molar-refractivity contribution in [3.8, 4) is 11.5 Å². The first-order valence-electron chi connectivity index (χ1n) is 7.89. The topological polar surface area (TPSA) is 75.6 Å². The molecule has 0 aliphatic carbocycles. The minimum absolute atomic E-state index is 0.434. The molecule has 0 spiro atoms. The van der Waals surface area contributed by atoms with E-state index in [2.05, 4.69) is 20.6 Å². The summed E-state index contributed by atoms with van der Waals surface area (Å²) in [7, 11) is 0. The summed E-state index contributed by atoms with van der Waals surface area (Å²) >= 11 is 0. The van der Waals surface area contributed by atoms with Crippen LogP contribution in [0.2, 0.25) is 0 Å². The second-order valence-corrected chi connectivity index (χ2v) is 5.14. The fourth-order valence-corrected chi connectivity index (χ4v) is 2.18. The molecule has 0 saturated heterocycles. The molecule has 124 valence electrons. The Morgan fingerprint density at radius 1 is 1.08 bits per heavy atom. The molecule has 1 aromatic carbocycles. The molecule has 0 aliphatic rings. The number of nitrogens with one attached hydrogen (secondary N) is 2. The van der Waals surface area contributed by atoms with E-state index in [9.17, 15) is 0 Å². The maximum Gasteiger partial charge on any atom is 0.226 e. The Morgan fingerprint density at radius 3 is 2.71 bits per heavy atom. The molecule has 3 rings (SSSR count). The molecule has 0 amide bonds. The van der Waals surface area contributed by atoms with Crippen LogP contribution >= 0.6 is 0 Å². The van der Waals surface area contributed by atoms with E-state index >= 15 is 0 Å². The average molecular weight is 324 g/mol. The highest BCUT2D eigenvalue weighted by atomic mass is 16.3. The van der Waals surface area contributed by atoms with E-state index in [1.807, 2.05) is 49.4 Å². The summed E-state index contributed by atoms with van der Waals surface area (Å²) in [6.45, 7) is 3.81. The predicted octanol–water partition coefficient (Wildman–Crippen LogP) is 3.19. The molecule has 24 heavy (non-hydrogen) atoms. The van der Waals surface area contributed by atoms with Gasteiger partial charge in [0, 0.05) is 12.1 Å². The van der Waals surface area contributed by atoms with E-state index < -0.39 is 0 Å². The summed E-state index contributed by atoms with van der Waals surface area (Å²) in [6, 6.07) is 13.6. The number of oxazole rings is 1. The van der Waals surface area contributed by atoms with Gasteiger partial charge in [-0.25, -0.2) is 9.98 Å². The second-order valence-electron chi connectivity index (χ2n) is 5.14. The van der Waals surface area contributed by atoms with E-state index in [0.717, 1.165) is 23.6 Å². The number of guanidine groups is 1. The molecule has 0 fully saturated rings. The van der Waals surface area contributed by atoms with E-state index in [4.69, 9.17) is 8.83 Å². The van der Waals surface area contributed by atoms with Crippen molar-refractivity contribution >= 4 is 5.96 Å². The Kier molecular flexibility index (Phi) is 5.29. The Morgan fingerprint density at radius 2 is 1.96 bits per heavy atom. The highest BCUT2D eigenvalue weighted by molar-refractivity contribution is 5.79. The monoisotopic (exact) mass is 324 g/mol. The Hall–Kier alpha value is -3.02. The van der Waals surface area contributed by atoms with Gasteiger partial charge in [0.1, 0.15) is 17.7 Å². The van der Waals surface area contributed by atoms with Crippen LogP contribution in [0.3, 0.4) is 0 Å². The number of hydrogen-bond donors (Lipinski definition) is 2. The highest BCUT2D eigenvalue weighted by Crippen LogP contribution is 2.18. The molecule has 6 nitrogen and oxygen atoms in total. The zero-order chi connectivity index (χ0) is 16.6. The van der Waals surface area contributed by atoms with Crippen LogP contribution in [0.5, 0.6) is 0 Å². The lowest BCUT2D eigenvalue weighted by Gasteiger charge is -2.09. The summed E-state index contributed by atoms with van der Waals surface area (Å²) in [5.74, 6) is 2.17. The van der Waals surface area contributed by atoms with Crippen molar-refractivity contribution in [1.29, 1.82) is 0 Å². The van der Waals surface area contributed by atoms with Gasteiger partial charge in [-0.2, -0.15) is 0 Å². The molecule has 0 atom stereocenters. The van der Waals surface area contributed by atoms with E-state index in [1.165, 1.54) is 0 Å². The molecule has 0 bridgehead atoms. The zero-order valence-corrected chi connectivity index (χ0v) is 13.5. The van der Waals surface area contributed by atoms with Gasteiger partial charge in [0.05, 0.1) is 19.4 Å². The quantitative estimate of drug-likeness (QED) is 0.538. The van der Waals surface area contributed by atoms with Crippen molar-refractivity contribution in [3.05, 3.63) is 66.4 Å². The third kappa shape index (κ3) is 4.25. The van der Waals surface area contributed by atoms with Crippen LogP contribution in [0.25, 0.3) is 11.5 Å². The normalized spacial score (nSPS) is 11.5. The van der Waals surface area contributed by atoms with Crippen molar-refractivity contribution < 1.29 is 8.83 Å². The van der Waals surface area contributed by atoms with Crippen LogP contribution in [0.1, 0.15) is 18.4 Å². The van der Waals surface area contributed by atoms with Crippen LogP contribution in [0.15, 0.2) is 68.8 Å². The number of furan rings is 1. The van der Waals surface area contributed by atoms with Crippen LogP contribution < -0.4 is 10.6 Å². The first-order chi connectivity index (χ1) is 11.8. The van der Waals surface area contributed by atoms with Gasteiger partial charge >= 0.3 is 0 Å². The van der Waals surface area contributed by atoms with Gasteiger partial charge in [-0.3, -0.25) is 0 Å². The number of nitrogens with zero attached hydrogens (tertiary/aromatic N) is 2. The van der Waals surface area contributed by atoms with Crippen molar-refractivity contribution in [1.82, 2.24) is 15.6 Å². The first-order valence-corrected chi connectivity index (χ1v) is 7.89. The Bertz CT molecular complexity index is 763. The molecule has 2 N–H and O–H groups in total. The zero-order valence-electron chi connectivity index (χ0n) is 13.5. The van der Waals surface area contributed by atoms with Gasteiger partial charge < -0.3 is 19.5 Å². The van der Waals surface area contributed by atoms with Gasteiger partial charge in [0.15, 0.2) is 5.96 Å². The van der Waals surface area contributed by atoms with Gasteiger partial charge in [-0.05, 0) is 31.2 Å². The molecule has 3 aromatic rings.